The Bertz CT molecular complexity index is 211. The normalized spacial score (nSPS) is 18.8. The van der Waals surface area contributed by atoms with Crippen LogP contribution in [0, 0.1) is 11.8 Å². The maximum atomic E-state index is 11.2. The summed E-state index contributed by atoms with van der Waals surface area (Å²) in [6.45, 7) is 1.83. The molecule has 1 rings (SSSR count). The molecule has 13 heavy (non-hydrogen) atoms. The average Bonchev–Trinajstić information content (AvgIpc) is 1.96. The number of hydrogen-bond donors (Lipinski definition) is 2. The molecule has 0 aromatic heterocycles. The number of carbonyl (C=O) groups is 2. The molecule has 0 spiro atoms. The fraction of sp³-hybridized carbons (Fsp3) is 0.778. The Morgan fingerprint density at radius 1 is 1.54 bits per heavy atom. The number of carboxylic acids is 1. The molecule has 4 nitrogen and oxygen atoms in total. The second-order valence-corrected chi connectivity index (χ2v) is 3.61. The van der Waals surface area contributed by atoms with Gasteiger partial charge in [-0.2, -0.15) is 0 Å². The van der Waals surface area contributed by atoms with E-state index in [1.165, 1.54) is 0 Å². The molecule has 2 N–H and O–H groups in total. The first-order valence-corrected chi connectivity index (χ1v) is 4.61. The minimum atomic E-state index is -0.867. The summed E-state index contributed by atoms with van der Waals surface area (Å²) < 4.78 is 0. The van der Waals surface area contributed by atoms with Crippen LogP contribution in [0.15, 0.2) is 0 Å². The lowest BCUT2D eigenvalue weighted by molar-refractivity contribution is -0.141. The smallest absolute Gasteiger partial charge is 0.308 e. The number of nitrogens with one attached hydrogen (secondary N) is 1. The Morgan fingerprint density at radius 3 is 2.54 bits per heavy atom. The molecule has 1 saturated carbocycles. The van der Waals surface area contributed by atoms with Crippen LogP contribution in [0.25, 0.3) is 0 Å². The van der Waals surface area contributed by atoms with Gasteiger partial charge in [-0.05, 0) is 12.8 Å². The van der Waals surface area contributed by atoms with E-state index in [2.05, 4.69) is 5.32 Å². The van der Waals surface area contributed by atoms with E-state index in [-0.39, 0.29) is 18.4 Å². The Hall–Kier alpha value is -1.06. The van der Waals surface area contributed by atoms with Crippen molar-refractivity contribution in [3.05, 3.63) is 0 Å². The number of carboxylic acid groups (broad SMARTS) is 1. The van der Waals surface area contributed by atoms with Gasteiger partial charge in [0.1, 0.15) is 0 Å². The molecule has 74 valence electrons. The molecule has 1 aliphatic carbocycles. The van der Waals surface area contributed by atoms with Crippen LogP contribution in [0.5, 0.6) is 0 Å². The molecule has 0 aliphatic heterocycles. The standard InChI is InChI=1S/C9H15NO3/c1-6(9(12)13)5-10-8(11)7-3-2-4-7/h6-7H,2-5H2,1H3,(H,10,11)(H,12,13). The molecule has 1 atom stereocenters. The number of rotatable bonds is 4. The van der Waals surface area contributed by atoms with Crippen LogP contribution in [-0.4, -0.2) is 23.5 Å². The van der Waals surface area contributed by atoms with E-state index in [0.29, 0.717) is 0 Å². The molecule has 0 saturated heterocycles. The van der Waals surface area contributed by atoms with Crippen LogP contribution >= 0.6 is 0 Å². The summed E-state index contributed by atoms with van der Waals surface area (Å²) in [5.74, 6) is -1.21. The molecule has 1 amide bonds. The summed E-state index contributed by atoms with van der Waals surface area (Å²) in [6, 6.07) is 0. The number of hydrogen-bond acceptors (Lipinski definition) is 2. The Balaban J connectivity index is 2.17. The molecule has 1 aliphatic rings. The van der Waals surface area contributed by atoms with Gasteiger partial charge in [0.05, 0.1) is 5.92 Å². The van der Waals surface area contributed by atoms with Crippen molar-refractivity contribution in [3.8, 4) is 0 Å². The molecular weight excluding hydrogens is 170 g/mol. The zero-order valence-electron chi connectivity index (χ0n) is 7.75. The lowest BCUT2D eigenvalue weighted by Crippen LogP contribution is -2.38. The lowest BCUT2D eigenvalue weighted by atomic mass is 9.85. The average molecular weight is 185 g/mol. The van der Waals surface area contributed by atoms with E-state index in [1.54, 1.807) is 6.92 Å². The van der Waals surface area contributed by atoms with Crippen molar-refractivity contribution in [3.63, 3.8) is 0 Å². The van der Waals surface area contributed by atoms with Crippen LogP contribution < -0.4 is 5.32 Å². The highest BCUT2D eigenvalue weighted by Crippen LogP contribution is 2.26. The number of amides is 1. The van der Waals surface area contributed by atoms with Crippen LogP contribution in [-0.2, 0) is 9.59 Å². The Morgan fingerprint density at radius 2 is 2.15 bits per heavy atom. The molecular formula is C9H15NO3. The summed E-state index contributed by atoms with van der Waals surface area (Å²) >= 11 is 0. The van der Waals surface area contributed by atoms with Gasteiger partial charge >= 0.3 is 5.97 Å². The molecule has 0 radical (unpaired) electrons. The fourth-order valence-electron chi connectivity index (χ4n) is 1.16. The lowest BCUT2D eigenvalue weighted by Gasteiger charge is -2.24. The summed E-state index contributed by atoms with van der Waals surface area (Å²) in [7, 11) is 0. The highest BCUT2D eigenvalue weighted by atomic mass is 16.4. The van der Waals surface area contributed by atoms with E-state index >= 15 is 0 Å². The van der Waals surface area contributed by atoms with Crippen molar-refractivity contribution in [2.24, 2.45) is 11.8 Å². The maximum Gasteiger partial charge on any atom is 0.308 e. The monoisotopic (exact) mass is 185 g/mol. The van der Waals surface area contributed by atoms with Crippen molar-refractivity contribution >= 4 is 11.9 Å². The van der Waals surface area contributed by atoms with Crippen molar-refractivity contribution < 1.29 is 14.7 Å². The molecule has 1 fully saturated rings. The number of aliphatic carboxylic acids is 1. The fourth-order valence-corrected chi connectivity index (χ4v) is 1.16. The van der Waals surface area contributed by atoms with Gasteiger partial charge < -0.3 is 10.4 Å². The van der Waals surface area contributed by atoms with Crippen molar-refractivity contribution in [2.75, 3.05) is 6.54 Å². The third kappa shape index (κ3) is 2.72. The molecule has 0 bridgehead atoms. The Labute approximate surface area is 77.3 Å². The van der Waals surface area contributed by atoms with Crippen LogP contribution in [0.1, 0.15) is 26.2 Å². The van der Waals surface area contributed by atoms with E-state index in [9.17, 15) is 9.59 Å². The summed E-state index contributed by atoms with van der Waals surface area (Å²) in [6.07, 6.45) is 3.02. The number of carbonyl (C=O) groups excluding carboxylic acids is 1. The van der Waals surface area contributed by atoms with Crippen molar-refractivity contribution in [1.29, 1.82) is 0 Å². The zero-order valence-corrected chi connectivity index (χ0v) is 7.75. The highest BCUT2D eigenvalue weighted by molar-refractivity contribution is 5.80. The minimum Gasteiger partial charge on any atom is -0.481 e. The van der Waals surface area contributed by atoms with E-state index in [1.807, 2.05) is 0 Å². The van der Waals surface area contributed by atoms with Gasteiger partial charge in [-0.15, -0.1) is 0 Å². The molecule has 4 heteroatoms. The third-order valence-electron chi connectivity index (χ3n) is 2.48. The van der Waals surface area contributed by atoms with E-state index < -0.39 is 11.9 Å². The molecule has 1 unspecified atom stereocenters. The summed E-state index contributed by atoms with van der Waals surface area (Å²) in [5.41, 5.74) is 0. The SMILES string of the molecule is CC(CNC(=O)C1CCC1)C(=O)O. The largest absolute Gasteiger partial charge is 0.481 e. The topological polar surface area (TPSA) is 66.4 Å². The quantitative estimate of drug-likeness (QED) is 0.674. The minimum absolute atomic E-state index is 0.0133. The van der Waals surface area contributed by atoms with Gasteiger partial charge in [0.15, 0.2) is 0 Å². The first-order valence-electron chi connectivity index (χ1n) is 4.61. The first kappa shape index (κ1) is 10.0. The summed E-state index contributed by atoms with van der Waals surface area (Å²) in [4.78, 5) is 21.7. The van der Waals surface area contributed by atoms with Gasteiger partial charge in [-0.25, -0.2) is 0 Å². The second kappa shape index (κ2) is 4.25. The first-order chi connectivity index (χ1) is 6.11. The second-order valence-electron chi connectivity index (χ2n) is 3.61. The molecule has 0 aromatic carbocycles. The summed E-state index contributed by atoms with van der Waals surface area (Å²) in [5, 5.41) is 11.2. The van der Waals surface area contributed by atoms with Crippen molar-refractivity contribution in [1.82, 2.24) is 5.32 Å². The predicted octanol–water partition coefficient (Wildman–Crippen LogP) is 0.623. The van der Waals surface area contributed by atoms with Crippen LogP contribution in [0.3, 0.4) is 0 Å². The Kier molecular flexibility index (Phi) is 3.28. The van der Waals surface area contributed by atoms with E-state index in [4.69, 9.17) is 5.11 Å². The van der Waals surface area contributed by atoms with Gasteiger partial charge in [0.2, 0.25) is 5.91 Å². The van der Waals surface area contributed by atoms with E-state index in [0.717, 1.165) is 19.3 Å². The zero-order chi connectivity index (χ0) is 9.84. The van der Waals surface area contributed by atoms with Crippen LogP contribution in [0.4, 0.5) is 0 Å². The molecule has 0 heterocycles. The van der Waals surface area contributed by atoms with Gasteiger partial charge in [0, 0.05) is 12.5 Å². The van der Waals surface area contributed by atoms with Gasteiger partial charge in [-0.1, -0.05) is 13.3 Å². The van der Waals surface area contributed by atoms with Crippen LogP contribution in [0.2, 0.25) is 0 Å². The van der Waals surface area contributed by atoms with Gasteiger partial charge in [-0.3, -0.25) is 9.59 Å². The highest BCUT2D eigenvalue weighted by Gasteiger charge is 2.25. The van der Waals surface area contributed by atoms with Crippen molar-refractivity contribution in [2.45, 2.75) is 26.2 Å². The third-order valence-corrected chi connectivity index (χ3v) is 2.48. The molecule has 0 aromatic rings. The van der Waals surface area contributed by atoms with Gasteiger partial charge in [0.25, 0.3) is 0 Å². The predicted molar refractivity (Wildman–Crippen MR) is 47.2 cm³/mol. The maximum absolute atomic E-state index is 11.2.